The summed E-state index contributed by atoms with van der Waals surface area (Å²) in [4.78, 5) is 28.7. The first kappa shape index (κ1) is 18.0. The molecule has 3 aromatic rings. The Bertz CT molecular complexity index is 1100. The molecule has 0 bridgehead atoms. The minimum absolute atomic E-state index is 0.118. The van der Waals surface area contributed by atoms with E-state index in [1.165, 1.54) is 7.11 Å². The highest BCUT2D eigenvalue weighted by atomic mass is 79.9. The van der Waals surface area contributed by atoms with Gasteiger partial charge in [0.15, 0.2) is 11.1 Å². The molecule has 0 spiro atoms. The Morgan fingerprint density at radius 3 is 2.93 bits per heavy atom. The first-order valence-corrected chi connectivity index (χ1v) is 9.75. The van der Waals surface area contributed by atoms with E-state index < -0.39 is 0 Å². The number of nitrogens with zero attached hydrogens (tertiary/aromatic N) is 2. The lowest BCUT2D eigenvalue weighted by atomic mass is 10.1. The third-order valence-corrected chi connectivity index (χ3v) is 5.73. The van der Waals surface area contributed by atoms with Gasteiger partial charge in [-0.2, -0.15) is 4.98 Å². The molecule has 1 N–H and O–H groups in total. The fourth-order valence-electron chi connectivity index (χ4n) is 3.32. The molecule has 0 radical (unpaired) electrons. The number of halogens is 1. The Labute approximate surface area is 163 Å². The minimum Gasteiger partial charge on any atom is -0.469 e. The molecule has 0 unspecified atom stereocenters. The molecule has 0 saturated heterocycles. The summed E-state index contributed by atoms with van der Waals surface area (Å²) in [6, 6.07) is 4.44. The van der Waals surface area contributed by atoms with Gasteiger partial charge in [-0.25, -0.2) is 0 Å². The molecule has 142 valence electrons. The summed E-state index contributed by atoms with van der Waals surface area (Å²) in [5.41, 5.74) is 2.64. The molecule has 2 heterocycles. The SMILES string of the molecule is COC(=O)CCCNc1nc2c(=O)n(C3CC3)c3c(C)c(Br)ccc3c2o1. The van der Waals surface area contributed by atoms with E-state index in [9.17, 15) is 9.59 Å². The molecule has 1 aromatic carbocycles. The maximum Gasteiger partial charge on any atom is 0.305 e. The number of nitrogens with one attached hydrogen (secondary N) is 1. The number of rotatable bonds is 6. The van der Waals surface area contributed by atoms with Gasteiger partial charge in [-0.3, -0.25) is 9.59 Å². The lowest BCUT2D eigenvalue weighted by Crippen LogP contribution is -2.20. The van der Waals surface area contributed by atoms with Crippen LogP contribution in [0.4, 0.5) is 6.01 Å². The number of benzene rings is 1. The van der Waals surface area contributed by atoms with Gasteiger partial charge in [-0.05, 0) is 43.9 Å². The average Bonchev–Trinajstić information content (AvgIpc) is 3.40. The van der Waals surface area contributed by atoms with Crippen molar-refractivity contribution in [2.45, 2.75) is 38.6 Å². The second kappa shape index (κ2) is 6.99. The van der Waals surface area contributed by atoms with E-state index in [1.807, 2.05) is 23.6 Å². The maximum absolute atomic E-state index is 13.1. The quantitative estimate of drug-likeness (QED) is 0.468. The number of ether oxygens (including phenoxy) is 1. The number of aromatic nitrogens is 2. The largest absolute Gasteiger partial charge is 0.469 e. The van der Waals surface area contributed by atoms with Crippen molar-refractivity contribution in [1.29, 1.82) is 0 Å². The summed E-state index contributed by atoms with van der Waals surface area (Å²) in [6.45, 7) is 2.50. The van der Waals surface area contributed by atoms with Gasteiger partial charge in [0.2, 0.25) is 0 Å². The Hall–Kier alpha value is -2.35. The number of methoxy groups -OCH3 is 1. The zero-order valence-electron chi connectivity index (χ0n) is 15.2. The van der Waals surface area contributed by atoms with Crippen molar-refractivity contribution >= 4 is 49.9 Å². The molecule has 0 atom stereocenters. The van der Waals surface area contributed by atoms with Crippen LogP contribution in [0.15, 0.2) is 25.8 Å². The van der Waals surface area contributed by atoms with Crippen LogP contribution in [-0.4, -0.2) is 29.2 Å². The van der Waals surface area contributed by atoms with E-state index in [4.69, 9.17) is 4.42 Å². The number of aryl methyl sites for hydroxylation is 1. The lowest BCUT2D eigenvalue weighted by Gasteiger charge is -2.12. The van der Waals surface area contributed by atoms with E-state index >= 15 is 0 Å². The molecule has 27 heavy (non-hydrogen) atoms. The molecule has 7 nitrogen and oxygen atoms in total. The van der Waals surface area contributed by atoms with E-state index in [0.29, 0.717) is 36.5 Å². The van der Waals surface area contributed by atoms with Gasteiger partial charge in [-0.15, -0.1) is 0 Å². The zero-order chi connectivity index (χ0) is 19.1. The first-order valence-electron chi connectivity index (χ1n) is 8.95. The molecule has 0 aliphatic heterocycles. The second-order valence-corrected chi connectivity index (χ2v) is 7.63. The van der Waals surface area contributed by atoms with Crippen LogP contribution in [-0.2, 0) is 9.53 Å². The summed E-state index contributed by atoms with van der Waals surface area (Å²) < 4.78 is 13.3. The Morgan fingerprint density at radius 2 is 2.22 bits per heavy atom. The van der Waals surface area contributed by atoms with Crippen LogP contribution in [0.2, 0.25) is 0 Å². The predicted molar refractivity (Wildman–Crippen MR) is 106 cm³/mol. The Kier molecular flexibility index (Phi) is 4.67. The summed E-state index contributed by atoms with van der Waals surface area (Å²) in [7, 11) is 1.37. The molecular weight excluding hydrogens is 414 g/mol. The molecule has 4 rings (SSSR count). The normalized spacial score (nSPS) is 14.0. The standard InChI is InChI=1S/C19H20BrN3O4/c1-10-13(20)8-7-12-16(10)23(11-5-6-11)18(25)15-17(12)27-19(22-15)21-9-3-4-14(24)26-2/h7-8,11H,3-6,9H2,1-2H3,(H,21,22). The molecule has 1 aliphatic carbocycles. The van der Waals surface area contributed by atoms with Gasteiger partial charge >= 0.3 is 5.97 Å². The third-order valence-electron chi connectivity index (χ3n) is 4.87. The number of anilines is 1. The number of carbonyl (C=O) groups is 1. The highest BCUT2D eigenvalue weighted by Gasteiger charge is 2.30. The van der Waals surface area contributed by atoms with Gasteiger partial charge in [-0.1, -0.05) is 15.9 Å². The summed E-state index contributed by atoms with van der Waals surface area (Å²) >= 11 is 3.56. The third kappa shape index (κ3) is 3.22. The molecule has 1 saturated carbocycles. The minimum atomic E-state index is -0.256. The smallest absolute Gasteiger partial charge is 0.305 e. The molecule has 8 heteroatoms. The van der Waals surface area contributed by atoms with Gasteiger partial charge in [0, 0.05) is 28.9 Å². The predicted octanol–water partition coefficient (Wildman–Crippen LogP) is 3.91. The van der Waals surface area contributed by atoms with Crippen molar-refractivity contribution in [3.05, 3.63) is 32.5 Å². The van der Waals surface area contributed by atoms with Crippen molar-refractivity contribution in [3.8, 4) is 0 Å². The highest BCUT2D eigenvalue weighted by Crippen LogP contribution is 2.39. The number of hydrogen-bond acceptors (Lipinski definition) is 6. The van der Waals surface area contributed by atoms with Crippen molar-refractivity contribution in [3.63, 3.8) is 0 Å². The summed E-state index contributed by atoms with van der Waals surface area (Å²) in [5.74, 6) is -0.256. The number of oxazole rings is 1. The number of esters is 1. The van der Waals surface area contributed by atoms with E-state index in [1.54, 1.807) is 0 Å². The van der Waals surface area contributed by atoms with Crippen LogP contribution in [0.1, 0.15) is 37.3 Å². The molecule has 1 fully saturated rings. The average molecular weight is 434 g/mol. The van der Waals surface area contributed by atoms with Gasteiger partial charge < -0.3 is 19.0 Å². The van der Waals surface area contributed by atoms with Crippen LogP contribution in [0.5, 0.6) is 0 Å². The zero-order valence-corrected chi connectivity index (χ0v) is 16.8. The van der Waals surface area contributed by atoms with E-state index in [0.717, 1.165) is 33.8 Å². The van der Waals surface area contributed by atoms with Crippen LogP contribution in [0, 0.1) is 6.92 Å². The van der Waals surface area contributed by atoms with Crippen LogP contribution in [0.3, 0.4) is 0 Å². The lowest BCUT2D eigenvalue weighted by molar-refractivity contribution is -0.140. The number of carbonyl (C=O) groups excluding carboxylic acids is 1. The van der Waals surface area contributed by atoms with E-state index in [-0.39, 0.29) is 17.6 Å². The van der Waals surface area contributed by atoms with Gasteiger partial charge in [0.05, 0.1) is 12.6 Å². The molecule has 1 aliphatic rings. The molecule has 0 amide bonds. The summed E-state index contributed by atoms with van der Waals surface area (Å²) in [6.07, 6.45) is 2.91. The Balaban J connectivity index is 1.76. The van der Waals surface area contributed by atoms with Gasteiger partial charge in [0.1, 0.15) is 0 Å². The Morgan fingerprint density at radius 1 is 1.44 bits per heavy atom. The topological polar surface area (TPSA) is 86.4 Å². The first-order chi connectivity index (χ1) is 13.0. The van der Waals surface area contributed by atoms with Gasteiger partial charge in [0.25, 0.3) is 11.6 Å². The van der Waals surface area contributed by atoms with Crippen LogP contribution in [0.25, 0.3) is 22.0 Å². The van der Waals surface area contributed by atoms with Crippen LogP contribution >= 0.6 is 15.9 Å². The summed E-state index contributed by atoms with van der Waals surface area (Å²) in [5, 5.41) is 3.93. The van der Waals surface area contributed by atoms with Crippen molar-refractivity contribution < 1.29 is 13.9 Å². The maximum atomic E-state index is 13.1. The van der Waals surface area contributed by atoms with Crippen LogP contribution < -0.4 is 10.9 Å². The number of hydrogen-bond donors (Lipinski definition) is 1. The highest BCUT2D eigenvalue weighted by molar-refractivity contribution is 9.10. The number of fused-ring (bicyclic) bond motifs is 3. The monoisotopic (exact) mass is 433 g/mol. The molecular formula is C19H20BrN3O4. The van der Waals surface area contributed by atoms with Crippen molar-refractivity contribution in [2.24, 2.45) is 0 Å². The second-order valence-electron chi connectivity index (χ2n) is 6.78. The fraction of sp³-hybridized carbons (Fsp3) is 0.421. The van der Waals surface area contributed by atoms with Crippen molar-refractivity contribution in [1.82, 2.24) is 9.55 Å². The fourth-order valence-corrected chi connectivity index (χ4v) is 3.64. The number of pyridine rings is 1. The van der Waals surface area contributed by atoms with Crippen molar-refractivity contribution in [2.75, 3.05) is 19.0 Å². The van der Waals surface area contributed by atoms with E-state index in [2.05, 4.69) is 31.0 Å². The molecule has 2 aromatic heterocycles.